The van der Waals surface area contributed by atoms with Crippen LogP contribution in [0.15, 0.2) is 60.7 Å². The van der Waals surface area contributed by atoms with Crippen LogP contribution in [0.25, 0.3) is 16.9 Å². The van der Waals surface area contributed by atoms with Gasteiger partial charge in [0.1, 0.15) is 11.4 Å². The molecule has 1 heterocycles. The SMILES string of the molecule is CCN(CC)CCCC(C)NC(=O)c1cc(-c2cccc(OC)c2)nn1-c1ccccc1. The quantitative estimate of drug-likeness (QED) is 0.471. The van der Waals surface area contributed by atoms with Gasteiger partial charge in [-0.1, -0.05) is 44.2 Å². The number of nitrogens with zero attached hydrogens (tertiary/aromatic N) is 3. The van der Waals surface area contributed by atoms with Crippen LogP contribution < -0.4 is 10.1 Å². The van der Waals surface area contributed by atoms with Gasteiger partial charge >= 0.3 is 0 Å². The number of rotatable bonds is 11. The fourth-order valence-electron chi connectivity index (χ4n) is 3.76. The first kappa shape index (κ1) is 23.5. The van der Waals surface area contributed by atoms with Crippen LogP contribution in [-0.4, -0.2) is 53.4 Å². The average molecular weight is 435 g/mol. The number of nitrogens with one attached hydrogen (secondary N) is 1. The summed E-state index contributed by atoms with van der Waals surface area (Å²) in [5.74, 6) is 0.635. The minimum atomic E-state index is -0.120. The highest BCUT2D eigenvalue weighted by Crippen LogP contribution is 2.25. The Morgan fingerprint density at radius 2 is 1.84 bits per heavy atom. The molecule has 1 unspecified atom stereocenters. The second kappa shape index (κ2) is 11.5. The number of hydrogen-bond acceptors (Lipinski definition) is 4. The zero-order valence-corrected chi connectivity index (χ0v) is 19.5. The van der Waals surface area contributed by atoms with Gasteiger partial charge in [0, 0.05) is 11.6 Å². The Morgan fingerprint density at radius 3 is 2.53 bits per heavy atom. The lowest BCUT2D eigenvalue weighted by molar-refractivity contribution is 0.0929. The van der Waals surface area contributed by atoms with Gasteiger partial charge in [-0.05, 0) is 69.7 Å². The summed E-state index contributed by atoms with van der Waals surface area (Å²) in [5.41, 5.74) is 3.00. The molecule has 1 atom stereocenters. The molecule has 0 saturated heterocycles. The number of benzene rings is 2. The molecule has 6 nitrogen and oxygen atoms in total. The molecule has 1 aromatic heterocycles. The highest BCUT2D eigenvalue weighted by molar-refractivity contribution is 5.94. The molecule has 0 bridgehead atoms. The van der Waals surface area contributed by atoms with Gasteiger partial charge in [-0.2, -0.15) is 5.10 Å². The second-order valence-electron chi connectivity index (χ2n) is 7.94. The molecule has 1 N–H and O–H groups in total. The van der Waals surface area contributed by atoms with E-state index in [1.165, 1.54) is 0 Å². The molecule has 0 aliphatic heterocycles. The van der Waals surface area contributed by atoms with Crippen molar-refractivity contribution < 1.29 is 9.53 Å². The van der Waals surface area contributed by atoms with E-state index in [9.17, 15) is 4.79 Å². The number of para-hydroxylation sites is 1. The van der Waals surface area contributed by atoms with Crippen molar-refractivity contribution in [2.24, 2.45) is 0 Å². The van der Waals surface area contributed by atoms with E-state index in [1.54, 1.807) is 11.8 Å². The standard InChI is InChI=1S/C26H34N4O2/c1-5-29(6-2)17-11-12-20(3)27-26(31)25-19-24(21-13-10-16-23(18-21)32-4)28-30(25)22-14-8-7-9-15-22/h7-10,13-16,18-20H,5-6,11-12,17H2,1-4H3,(H,27,31). The fraction of sp³-hybridized carbons (Fsp3) is 0.385. The maximum absolute atomic E-state index is 13.2. The molecule has 1 amide bonds. The molecular weight excluding hydrogens is 400 g/mol. The molecule has 3 rings (SSSR count). The molecule has 6 heteroatoms. The van der Waals surface area contributed by atoms with Crippen LogP contribution in [0.4, 0.5) is 0 Å². The molecule has 2 aromatic carbocycles. The Labute approximate surface area is 191 Å². The van der Waals surface area contributed by atoms with E-state index in [1.807, 2.05) is 60.7 Å². The number of methoxy groups -OCH3 is 1. The lowest BCUT2D eigenvalue weighted by Crippen LogP contribution is -2.34. The summed E-state index contributed by atoms with van der Waals surface area (Å²) in [6.45, 7) is 9.58. The number of carbonyl (C=O) groups is 1. The van der Waals surface area contributed by atoms with E-state index in [-0.39, 0.29) is 11.9 Å². The molecule has 0 spiro atoms. The molecular formula is C26H34N4O2. The van der Waals surface area contributed by atoms with Crippen molar-refractivity contribution in [2.75, 3.05) is 26.7 Å². The van der Waals surface area contributed by atoms with Crippen LogP contribution in [0.3, 0.4) is 0 Å². The predicted molar refractivity (Wildman–Crippen MR) is 130 cm³/mol. The van der Waals surface area contributed by atoms with E-state index in [2.05, 4.69) is 31.0 Å². The van der Waals surface area contributed by atoms with Crippen molar-refractivity contribution in [3.63, 3.8) is 0 Å². The summed E-state index contributed by atoms with van der Waals surface area (Å²) in [6, 6.07) is 19.4. The lowest BCUT2D eigenvalue weighted by Gasteiger charge is -2.20. The molecule has 3 aromatic rings. The van der Waals surface area contributed by atoms with E-state index in [0.717, 1.165) is 55.2 Å². The van der Waals surface area contributed by atoms with Crippen LogP contribution in [0.5, 0.6) is 5.75 Å². The van der Waals surface area contributed by atoms with Gasteiger partial charge in [-0.15, -0.1) is 0 Å². The maximum atomic E-state index is 13.2. The van der Waals surface area contributed by atoms with E-state index >= 15 is 0 Å². The molecule has 0 aliphatic carbocycles. The number of ether oxygens (including phenoxy) is 1. The molecule has 0 aliphatic rings. The summed E-state index contributed by atoms with van der Waals surface area (Å²) >= 11 is 0. The molecule has 0 radical (unpaired) electrons. The summed E-state index contributed by atoms with van der Waals surface area (Å²) in [5, 5.41) is 7.92. The van der Waals surface area contributed by atoms with Gasteiger partial charge < -0.3 is 15.0 Å². The van der Waals surface area contributed by atoms with Crippen molar-refractivity contribution >= 4 is 5.91 Å². The largest absolute Gasteiger partial charge is 0.497 e. The number of aromatic nitrogens is 2. The monoisotopic (exact) mass is 434 g/mol. The average Bonchev–Trinajstić information content (AvgIpc) is 3.28. The third kappa shape index (κ3) is 5.98. The lowest BCUT2D eigenvalue weighted by atomic mass is 10.1. The topological polar surface area (TPSA) is 59.4 Å². The van der Waals surface area contributed by atoms with E-state index in [0.29, 0.717) is 5.69 Å². The maximum Gasteiger partial charge on any atom is 0.270 e. The van der Waals surface area contributed by atoms with Crippen LogP contribution in [-0.2, 0) is 0 Å². The van der Waals surface area contributed by atoms with Gasteiger partial charge in [-0.3, -0.25) is 4.79 Å². The van der Waals surface area contributed by atoms with Gasteiger partial charge in [0.15, 0.2) is 0 Å². The number of amides is 1. The predicted octanol–water partition coefficient (Wildman–Crippen LogP) is 4.79. The normalized spacial score (nSPS) is 12.0. The Kier molecular flexibility index (Phi) is 8.45. The number of carbonyl (C=O) groups excluding carboxylic acids is 1. The summed E-state index contributed by atoms with van der Waals surface area (Å²) < 4.78 is 7.07. The zero-order chi connectivity index (χ0) is 22.9. The third-order valence-corrected chi connectivity index (χ3v) is 5.69. The van der Waals surface area contributed by atoms with Crippen molar-refractivity contribution in [1.29, 1.82) is 0 Å². The van der Waals surface area contributed by atoms with Gasteiger partial charge in [0.25, 0.3) is 5.91 Å². The van der Waals surface area contributed by atoms with Gasteiger partial charge in [-0.25, -0.2) is 4.68 Å². The van der Waals surface area contributed by atoms with Crippen LogP contribution in [0.2, 0.25) is 0 Å². The Bertz CT molecular complexity index is 996. The fourth-order valence-corrected chi connectivity index (χ4v) is 3.76. The van der Waals surface area contributed by atoms with Crippen molar-refractivity contribution in [1.82, 2.24) is 20.0 Å². The third-order valence-electron chi connectivity index (χ3n) is 5.69. The Morgan fingerprint density at radius 1 is 1.09 bits per heavy atom. The summed E-state index contributed by atoms with van der Waals surface area (Å²) in [4.78, 5) is 15.6. The Hall–Kier alpha value is -3.12. The number of hydrogen-bond donors (Lipinski definition) is 1. The van der Waals surface area contributed by atoms with Crippen molar-refractivity contribution in [3.05, 3.63) is 66.4 Å². The summed E-state index contributed by atoms with van der Waals surface area (Å²) in [7, 11) is 1.64. The molecule has 0 saturated carbocycles. The molecule has 170 valence electrons. The summed E-state index contributed by atoms with van der Waals surface area (Å²) in [6.07, 6.45) is 1.99. The van der Waals surface area contributed by atoms with Crippen LogP contribution in [0, 0.1) is 0 Å². The van der Waals surface area contributed by atoms with Crippen LogP contribution in [0.1, 0.15) is 44.1 Å². The van der Waals surface area contributed by atoms with Gasteiger partial charge in [0.2, 0.25) is 0 Å². The molecule has 0 fully saturated rings. The first-order chi connectivity index (χ1) is 15.5. The first-order valence-electron chi connectivity index (χ1n) is 11.4. The van der Waals surface area contributed by atoms with Crippen molar-refractivity contribution in [3.8, 4) is 22.7 Å². The first-order valence-corrected chi connectivity index (χ1v) is 11.4. The minimum absolute atomic E-state index is 0.0810. The zero-order valence-electron chi connectivity index (χ0n) is 19.5. The molecule has 32 heavy (non-hydrogen) atoms. The van der Waals surface area contributed by atoms with E-state index in [4.69, 9.17) is 9.84 Å². The van der Waals surface area contributed by atoms with Crippen molar-refractivity contribution in [2.45, 2.75) is 39.7 Å². The minimum Gasteiger partial charge on any atom is -0.497 e. The highest BCUT2D eigenvalue weighted by atomic mass is 16.5. The highest BCUT2D eigenvalue weighted by Gasteiger charge is 2.19. The van der Waals surface area contributed by atoms with Gasteiger partial charge in [0.05, 0.1) is 18.5 Å². The van der Waals surface area contributed by atoms with Crippen LogP contribution >= 0.6 is 0 Å². The van der Waals surface area contributed by atoms with E-state index < -0.39 is 0 Å². The second-order valence-corrected chi connectivity index (χ2v) is 7.94. The Balaban J connectivity index is 1.81. The smallest absolute Gasteiger partial charge is 0.270 e.